The molecule has 2 rings (SSSR count). The molecule has 0 aliphatic carbocycles. The molecule has 0 saturated carbocycles. The molecule has 0 saturated heterocycles. The maximum atomic E-state index is 12.4. The van der Waals surface area contributed by atoms with Gasteiger partial charge in [-0.15, -0.1) is 0 Å². The van der Waals surface area contributed by atoms with Gasteiger partial charge < -0.3 is 4.84 Å². The number of aryl methyl sites for hydroxylation is 1. The van der Waals surface area contributed by atoms with Crippen molar-refractivity contribution in [2.24, 2.45) is 5.16 Å². The minimum atomic E-state index is -4.32. The van der Waals surface area contributed by atoms with Crippen LogP contribution in [0.25, 0.3) is 0 Å². The highest BCUT2D eigenvalue weighted by molar-refractivity contribution is 5.79. The Kier molecular flexibility index (Phi) is 4.62. The quantitative estimate of drug-likeness (QED) is 0.598. The summed E-state index contributed by atoms with van der Waals surface area (Å²) in [7, 11) is 0. The van der Waals surface area contributed by atoms with E-state index in [1.807, 2.05) is 31.2 Å². The molecule has 0 spiro atoms. The number of hydrogen-bond donors (Lipinski definition) is 0. The molecule has 0 bridgehead atoms. The molecule has 0 aliphatic rings. The third-order valence-corrected chi connectivity index (χ3v) is 2.87. The molecule has 2 nitrogen and oxygen atoms in total. The molecule has 0 amide bonds. The molecule has 2 aromatic rings. The van der Waals surface area contributed by atoms with Crippen molar-refractivity contribution >= 4 is 6.21 Å². The predicted molar refractivity (Wildman–Crippen MR) is 75.0 cm³/mol. The Morgan fingerprint density at radius 3 is 2.19 bits per heavy atom. The van der Waals surface area contributed by atoms with Gasteiger partial charge in [0.2, 0.25) is 0 Å². The summed E-state index contributed by atoms with van der Waals surface area (Å²) >= 11 is 0. The smallest absolute Gasteiger partial charge is 0.391 e. The molecule has 21 heavy (non-hydrogen) atoms. The second-order valence-corrected chi connectivity index (χ2v) is 4.61. The van der Waals surface area contributed by atoms with Crippen molar-refractivity contribution in [2.75, 3.05) is 0 Å². The first-order valence-corrected chi connectivity index (χ1v) is 6.33. The van der Waals surface area contributed by atoms with Crippen molar-refractivity contribution < 1.29 is 18.0 Å². The summed E-state index contributed by atoms with van der Waals surface area (Å²) < 4.78 is 37.2. The summed E-state index contributed by atoms with van der Waals surface area (Å²) in [5.41, 5.74) is 2.00. The van der Waals surface area contributed by atoms with Crippen LogP contribution < -0.4 is 0 Å². The third-order valence-electron chi connectivity index (χ3n) is 2.87. The van der Waals surface area contributed by atoms with Gasteiger partial charge in [-0.05, 0) is 30.2 Å². The number of alkyl halides is 3. The van der Waals surface area contributed by atoms with E-state index in [1.54, 1.807) is 6.21 Å². The Morgan fingerprint density at radius 1 is 1.00 bits per heavy atom. The normalized spacial score (nSPS) is 11.8. The van der Waals surface area contributed by atoms with E-state index in [0.717, 1.165) is 23.3 Å². The minimum Gasteiger partial charge on any atom is -0.391 e. The molecule has 0 unspecified atom stereocenters. The zero-order valence-corrected chi connectivity index (χ0v) is 11.4. The molecule has 0 heterocycles. The van der Waals surface area contributed by atoms with E-state index in [1.165, 1.54) is 12.1 Å². The Hall–Kier alpha value is -2.30. The van der Waals surface area contributed by atoms with E-state index < -0.39 is 11.7 Å². The van der Waals surface area contributed by atoms with E-state index in [-0.39, 0.29) is 6.61 Å². The summed E-state index contributed by atoms with van der Waals surface area (Å²) in [5, 5.41) is 3.79. The molecular formula is C16H14F3NO. The molecule has 0 aromatic heterocycles. The lowest BCUT2D eigenvalue weighted by molar-refractivity contribution is -0.137. The molecule has 0 radical (unpaired) electrons. The van der Waals surface area contributed by atoms with E-state index in [2.05, 4.69) is 5.16 Å². The van der Waals surface area contributed by atoms with Gasteiger partial charge in [0.25, 0.3) is 0 Å². The average Bonchev–Trinajstić information content (AvgIpc) is 2.45. The topological polar surface area (TPSA) is 21.6 Å². The summed E-state index contributed by atoms with van der Waals surface area (Å²) in [5.74, 6) is 0. The first-order valence-electron chi connectivity index (χ1n) is 6.33. The molecular weight excluding hydrogens is 279 g/mol. The summed E-state index contributed by atoms with van der Waals surface area (Å²) in [6, 6.07) is 12.5. The largest absolute Gasteiger partial charge is 0.416 e. The van der Waals surface area contributed by atoms with Gasteiger partial charge in [-0.25, -0.2) is 0 Å². The first kappa shape index (κ1) is 15.1. The Balaban J connectivity index is 1.87. The summed E-state index contributed by atoms with van der Waals surface area (Å²) in [4.78, 5) is 5.07. The van der Waals surface area contributed by atoms with Crippen molar-refractivity contribution in [3.63, 3.8) is 0 Å². The summed E-state index contributed by atoms with van der Waals surface area (Å²) in [6.07, 6.45) is -2.76. The second kappa shape index (κ2) is 6.43. The van der Waals surface area contributed by atoms with Crippen LogP contribution in [0.5, 0.6) is 0 Å². The van der Waals surface area contributed by atoms with E-state index in [0.29, 0.717) is 5.56 Å². The zero-order valence-electron chi connectivity index (χ0n) is 11.4. The number of benzene rings is 2. The highest BCUT2D eigenvalue weighted by Gasteiger charge is 2.29. The van der Waals surface area contributed by atoms with Crippen LogP contribution in [0.15, 0.2) is 53.7 Å². The SMILES string of the molecule is Cc1ccc(C=NOCc2ccc(C(F)(F)F)cc2)cc1. The van der Waals surface area contributed by atoms with Crippen LogP contribution in [-0.4, -0.2) is 6.21 Å². The van der Waals surface area contributed by atoms with Crippen LogP contribution in [0, 0.1) is 6.92 Å². The number of oxime groups is 1. The molecule has 0 aliphatic heterocycles. The standard InChI is InChI=1S/C16H14F3NO/c1-12-2-4-13(5-3-12)10-20-21-11-14-6-8-15(9-7-14)16(17,18)19/h2-10H,11H2,1H3. The monoisotopic (exact) mass is 293 g/mol. The molecule has 110 valence electrons. The van der Waals surface area contributed by atoms with Crippen molar-refractivity contribution in [1.29, 1.82) is 0 Å². The lowest BCUT2D eigenvalue weighted by atomic mass is 10.1. The summed E-state index contributed by atoms with van der Waals surface area (Å²) in [6.45, 7) is 2.11. The first-order chi connectivity index (χ1) is 9.95. The number of hydrogen-bond acceptors (Lipinski definition) is 2. The Labute approximate surface area is 120 Å². The fourth-order valence-electron chi connectivity index (χ4n) is 1.65. The fourth-order valence-corrected chi connectivity index (χ4v) is 1.65. The number of rotatable bonds is 4. The average molecular weight is 293 g/mol. The molecule has 0 N–H and O–H groups in total. The van der Waals surface area contributed by atoms with Gasteiger partial charge in [0, 0.05) is 0 Å². The van der Waals surface area contributed by atoms with E-state index >= 15 is 0 Å². The maximum Gasteiger partial charge on any atom is 0.416 e. The van der Waals surface area contributed by atoms with Gasteiger partial charge in [-0.3, -0.25) is 0 Å². The van der Waals surface area contributed by atoms with Gasteiger partial charge in [-0.1, -0.05) is 47.1 Å². The van der Waals surface area contributed by atoms with Crippen LogP contribution in [-0.2, 0) is 17.6 Å². The Bertz CT molecular complexity index is 601. The van der Waals surface area contributed by atoms with Crippen LogP contribution in [0.4, 0.5) is 13.2 Å². The van der Waals surface area contributed by atoms with Crippen molar-refractivity contribution in [3.05, 3.63) is 70.8 Å². The van der Waals surface area contributed by atoms with Gasteiger partial charge in [-0.2, -0.15) is 13.2 Å². The molecule has 5 heteroatoms. The lowest BCUT2D eigenvalue weighted by Gasteiger charge is -2.06. The molecule has 0 atom stereocenters. The van der Waals surface area contributed by atoms with Gasteiger partial charge in [0.1, 0.15) is 6.61 Å². The van der Waals surface area contributed by atoms with Gasteiger partial charge in [0.15, 0.2) is 0 Å². The third kappa shape index (κ3) is 4.63. The van der Waals surface area contributed by atoms with Crippen molar-refractivity contribution in [3.8, 4) is 0 Å². The number of nitrogens with zero attached hydrogens (tertiary/aromatic N) is 1. The lowest BCUT2D eigenvalue weighted by Crippen LogP contribution is -2.04. The molecule has 0 fully saturated rings. The van der Waals surface area contributed by atoms with Crippen LogP contribution in [0.3, 0.4) is 0 Å². The maximum absolute atomic E-state index is 12.4. The van der Waals surface area contributed by atoms with Gasteiger partial charge >= 0.3 is 6.18 Å². The highest BCUT2D eigenvalue weighted by atomic mass is 19.4. The van der Waals surface area contributed by atoms with Crippen LogP contribution in [0.2, 0.25) is 0 Å². The Morgan fingerprint density at radius 2 is 1.62 bits per heavy atom. The zero-order chi connectivity index (χ0) is 15.3. The van der Waals surface area contributed by atoms with Gasteiger partial charge in [0.05, 0.1) is 11.8 Å². The predicted octanol–water partition coefficient (Wildman–Crippen LogP) is 4.56. The van der Waals surface area contributed by atoms with Crippen molar-refractivity contribution in [1.82, 2.24) is 0 Å². The van der Waals surface area contributed by atoms with E-state index in [4.69, 9.17) is 4.84 Å². The molecule has 2 aromatic carbocycles. The highest BCUT2D eigenvalue weighted by Crippen LogP contribution is 2.29. The second-order valence-electron chi connectivity index (χ2n) is 4.61. The van der Waals surface area contributed by atoms with Crippen LogP contribution in [0.1, 0.15) is 22.3 Å². The number of halogens is 3. The fraction of sp³-hybridized carbons (Fsp3) is 0.188. The van der Waals surface area contributed by atoms with Crippen molar-refractivity contribution in [2.45, 2.75) is 19.7 Å². The van der Waals surface area contributed by atoms with E-state index in [9.17, 15) is 13.2 Å². The van der Waals surface area contributed by atoms with Crippen LogP contribution >= 0.6 is 0 Å². The minimum absolute atomic E-state index is 0.125.